The van der Waals surface area contributed by atoms with Gasteiger partial charge >= 0.3 is 11.7 Å². The van der Waals surface area contributed by atoms with E-state index in [4.69, 9.17) is 15.9 Å². The van der Waals surface area contributed by atoms with Crippen molar-refractivity contribution in [2.45, 2.75) is 42.2 Å². The summed E-state index contributed by atoms with van der Waals surface area (Å²) in [6, 6.07) is 15.6. The van der Waals surface area contributed by atoms with E-state index in [9.17, 15) is 18.9 Å². The minimum atomic E-state index is -1.63. The molecule has 0 radical (unpaired) electrons. The lowest BCUT2D eigenvalue weighted by Gasteiger charge is -2.24. The first-order valence-corrected chi connectivity index (χ1v) is 12.1. The van der Waals surface area contributed by atoms with E-state index in [0.717, 1.165) is 5.56 Å². The Morgan fingerprint density at radius 1 is 1.23 bits per heavy atom. The number of esters is 1. The van der Waals surface area contributed by atoms with Crippen LogP contribution in [0.3, 0.4) is 0 Å². The number of carbonyl (C=O) groups is 1. The van der Waals surface area contributed by atoms with E-state index >= 15 is 0 Å². The molecule has 0 spiro atoms. The predicted octanol–water partition coefficient (Wildman–Crippen LogP) is 2.48. The summed E-state index contributed by atoms with van der Waals surface area (Å²) >= 11 is -1.63. The summed E-state index contributed by atoms with van der Waals surface area (Å²) in [5.74, 6) is 1.97. The molecule has 1 N–H and O–H groups in total. The average Bonchev–Trinajstić information content (AvgIpc) is 3.25. The van der Waals surface area contributed by atoms with Gasteiger partial charge < -0.3 is 14.0 Å². The number of aromatic amines is 1. The SMILES string of the molecule is C#C[C@@]1(COC(=O)c2ccccc2)C[C@@H]([S+]([O-])c2ccc(C)cc2)[C@H](n2cc(C)c(=O)[nH]c2=O)O1. The van der Waals surface area contributed by atoms with Gasteiger partial charge in [-0.1, -0.05) is 41.8 Å². The highest BCUT2D eigenvalue weighted by molar-refractivity contribution is 7.92. The number of H-pyrrole nitrogens is 1. The molecule has 0 bridgehead atoms. The molecule has 0 saturated carbocycles. The molecule has 9 heteroatoms. The first-order chi connectivity index (χ1) is 16.7. The second kappa shape index (κ2) is 9.96. The van der Waals surface area contributed by atoms with Gasteiger partial charge in [-0.3, -0.25) is 14.3 Å². The monoisotopic (exact) mass is 492 g/mol. The van der Waals surface area contributed by atoms with Crippen LogP contribution in [0.25, 0.3) is 0 Å². The van der Waals surface area contributed by atoms with Crippen LogP contribution in [0.4, 0.5) is 0 Å². The number of carbonyl (C=O) groups excluding carboxylic acids is 1. The van der Waals surface area contributed by atoms with Gasteiger partial charge in [0, 0.05) is 18.2 Å². The molecule has 0 amide bonds. The maximum Gasteiger partial charge on any atom is 0.338 e. The largest absolute Gasteiger partial charge is 0.611 e. The van der Waals surface area contributed by atoms with Crippen LogP contribution in [-0.2, 0) is 20.6 Å². The molecule has 1 aromatic heterocycles. The zero-order valence-electron chi connectivity index (χ0n) is 19.2. The van der Waals surface area contributed by atoms with E-state index < -0.39 is 45.5 Å². The molecule has 1 saturated heterocycles. The Kier molecular flexibility index (Phi) is 6.98. The number of aromatic nitrogens is 2. The number of aryl methyl sites for hydroxylation is 2. The van der Waals surface area contributed by atoms with Crippen molar-refractivity contribution in [1.82, 2.24) is 9.55 Å². The van der Waals surface area contributed by atoms with Crippen LogP contribution in [0.15, 0.2) is 75.3 Å². The van der Waals surface area contributed by atoms with E-state index in [1.54, 1.807) is 49.4 Å². The molecule has 2 heterocycles. The third-order valence-corrected chi connectivity index (χ3v) is 7.54. The van der Waals surface area contributed by atoms with E-state index in [2.05, 4.69) is 10.9 Å². The normalized spacial score (nSPS) is 22.3. The number of nitrogens with one attached hydrogen (secondary N) is 1. The highest BCUT2D eigenvalue weighted by Crippen LogP contribution is 2.42. The third-order valence-electron chi connectivity index (χ3n) is 5.85. The minimum Gasteiger partial charge on any atom is -0.611 e. The smallest absolute Gasteiger partial charge is 0.338 e. The van der Waals surface area contributed by atoms with E-state index in [1.807, 2.05) is 19.1 Å². The lowest BCUT2D eigenvalue weighted by atomic mass is 10.0. The van der Waals surface area contributed by atoms with Gasteiger partial charge in [0.1, 0.15) is 6.61 Å². The summed E-state index contributed by atoms with van der Waals surface area (Å²) in [7, 11) is 0. The van der Waals surface area contributed by atoms with Gasteiger partial charge in [-0.15, -0.1) is 6.42 Å². The summed E-state index contributed by atoms with van der Waals surface area (Å²) in [5, 5.41) is -0.757. The fraction of sp³-hybridized carbons (Fsp3) is 0.269. The standard InChI is InChI=1S/C26H24N2O6S/c1-4-26(16-33-24(30)19-8-6-5-7-9-19)14-21(35(32)20-12-10-17(2)11-13-20)23(34-26)28-15-18(3)22(29)27-25(28)31/h1,5-13,15,21,23H,14,16H2,2-3H3,(H,27,29,31)/t21-,23-,26+,35?/m1/s1. The number of hydrogen-bond donors (Lipinski definition) is 1. The molecule has 1 fully saturated rings. The van der Waals surface area contributed by atoms with Gasteiger partial charge in [0.15, 0.2) is 22.0 Å². The summed E-state index contributed by atoms with van der Waals surface area (Å²) in [4.78, 5) is 39.9. The molecule has 1 unspecified atom stereocenters. The Bertz CT molecular complexity index is 1380. The Morgan fingerprint density at radius 2 is 1.91 bits per heavy atom. The van der Waals surface area contributed by atoms with Crippen molar-refractivity contribution >= 4 is 17.1 Å². The minimum absolute atomic E-state index is 0.0569. The van der Waals surface area contributed by atoms with Crippen molar-refractivity contribution < 1.29 is 18.8 Å². The van der Waals surface area contributed by atoms with Crippen LogP contribution in [0, 0.1) is 26.2 Å². The number of benzene rings is 2. The topological polar surface area (TPSA) is 113 Å². The first-order valence-electron chi connectivity index (χ1n) is 10.9. The molecular formula is C26H24N2O6S. The fourth-order valence-electron chi connectivity index (χ4n) is 3.89. The molecule has 35 heavy (non-hydrogen) atoms. The van der Waals surface area contributed by atoms with Gasteiger partial charge in [0.25, 0.3) is 5.56 Å². The molecule has 8 nitrogen and oxygen atoms in total. The van der Waals surface area contributed by atoms with Crippen LogP contribution in [-0.4, -0.2) is 37.5 Å². The Morgan fingerprint density at radius 3 is 2.57 bits per heavy atom. The number of rotatable bonds is 6. The maximum absolute atomic E-state index is 13.6. The fourth-order valence-corrected chi connectivity index (χ4v) is 5.46. The Balaban J connectivity index is 1.68. The van der Waals surface area contributed by atoms with Crippen LogP contribution in [0.5, 0.6) is 0 Å². The van der Waals surface area contributed by atoms with E-state index in [0.29, 0.717) is 10.5 Å². The van der Waals surface area contributed by atoms with Gasteiger partial charge in [-0.25, -0.2) is 9.59 Å². The molecule has 1 aliphatic heterocycles. The predicted molar refractivity (Wildman–Crippen MR) is 130 cm³/mol. The van der Waals surface area contributed by atoms with Gasteiger partial charge in [0.05, 0.1) is 5.56 Å². The van der Waals surface area contributed by atoms with Gasteiger partial charge in [-0.05, 0) is 49.3 Å². The molecule has 4 atom stereocenters. The molecule has 3 aromatic rings. The lowest BCUT2D eigenvalue weighted by Crippen LogP contribution is -2.39. The molecule has 2 aromatic carbocycles. The van der Waals surface area contributed by atoms with Crippen LogP contribution >= 0.6 is 0 Å². The van der Waals surface area contributed by atoms with Crippen molar-refractivity contribution in [3.05, 3.63) is 98.3 Å². The maximum atomic E-state index is 13.6. The zero-order chi connectivity index (χ0) is 25.2. The van der Waals surface area contributed by atoms with Crippen LogP contribution in [0.2, 0.25) is 0 Å². The van der Waals surface area contributed by atoms with Gasteiger partial charge in [-0.2, -0.15) is 0 Å². The second-order valence-electron chi connectivity index (χ2n) is 8.42. The summed E-state index contributed by atoms with van der Waals surface area (Å²) in [5.41, 5.74) is -1.04. The highest BCUT2D eigenvalue weighted by Gasteiger charge is 2.53. The van der Waals surface area contributed by atoms with Crippen molar-refractivity contribution in [3.8, 4) is 12.3 Å². The lowest BCUT2D eigenvalue weighted by molar-refractivity contribution is -0.0702. The number of nitrogens with zero attached hydrogens (tertiary/aromatic N) is 1. The van der Waals surface area contributed by atoms with Crippen molar-refractivity contribution in [3.63, 3.8) is 0 Å². The third kappa shape index (κ3) is 5.10. The Labute approximate surface area is 205 Å². The van der Waals surface area contributed by atoms with Crippen molar-refractivity contribution in [1.29, 1.82) is 0 Å². The first kappa shape index (κ1) is 24.5. The number of terminal acetylenes is 1. The van der Waals surface area contributed by atoms with Crippen molar-refractivity contribution in [2.75, 3.05) is 6.61 Å². The van der Waals surface area contributed by atoms with Crippen LogP contribution in [0.1, 0.15) is 34.1 Å². The quantitative estimate of drug-likeness (QED) is 0.321. The molecular weight excluding hydrogens is 468 g/mol. The van der Waals surface area contributed by atoms with Crippen molar-refractivity contribution in [2.24, 2.45) is 0 Å². The number of ether oxygens (including phenoxy) is 2. The molecule has 180 valence electrons. The van der Waals surface area contributed by atoms with E-state index in [-0.39, 0.29) is 18.6 Å². The number of hydrogen-bond acceptors (Lipinski definition) is 6. The summed E-state index contributed by atoms with van der Waals surface area (Å²) < 4.78 is 26.4. The zero-order valence-corrected chi connectivity index (χ0v) is 20.0. The van der Waals surface area contributed by atoms with E-state index in [1.165, 1.54) is 10.8 Å². The summed E-state index contributed by atoms with van der Waals surface area (Å²) in [6.45, 7) is 3.17. The Hall–Kier alpha value is -3.58. The highest BCUT2D eigenvalue weighted by atomic mass is 32.2. The summed E-state index contributed by atoms with van der Waals surface area (Å²) in [6.07, 6.45) is 6.19. The van der Waals surface area contributed by atoms with Crippen LogP contribution < -0.4 is 11.2 Å². The molecule has 0 aliphatic carbocycles. The van der Waals surface area contributed by atoms with Gasteiger partial charge in [0.2, 0.25) is 0 Å². The second-order valence-corrected chi connectivity index (χ2v) is 10.1. The molecule has 1 aliphatic rings. The average molecular weight is 493 g/mol. The molecule has 4 rings (SSSR count).